The van der Waals surface area contributed by atoms with E-state index in [1.165, 1.54) is 11.8 Å². The van der Waals surface area contributed by atoms with Gasteiger partial charge in [0.2, 0.25) is 11.8 Å². The molecule has 1 N–H and O–H groups in total. The third kappa shape index (κ3) is 4.44. The summed E-state index contributed by atoms with van der Waals surface area (Å²) in [6.07, 6.45) is 0. The number of aromatic nitrogens is 2. The molecule has 0 unspecified atom stereocenters. The molecule has 1 amide bonds. The number of anilines is 1. The van der Waals surface area contributed by atoms with Crippen LogP contribution in [0, 0.1) is 6.92 Å². The topological polar surface area (TPSA) is 68.0 Å². The second-order valence-corrected chi connectivity index (χ2v) is 8.14. The number of rotatable bonds is 6. The van der Waals surface area contributed by atoms with Gasteiger partial charge in [0.25, 0.3) is 5.22 Å². The Balaban J connectivity index is 1.47. The highest BCUT2D eigenvalue weighted by molar-refractivity contribution is 8.00. The summed E-state index contributed by atoms with van der Waals surface area (Å²) in [7, 11) is 0. The number of carbonyl (C=O) groups excluding carboxylic acids is 1. The van der Waals surface area contributed by atoms with Crippen LogP contribution in [0.15, 0.2) is 88.5 Å². The highest BCUT2D eigenvalue weighted by atomic mass is 32.2. The van der Waals surface area contributed by atoms with Gasteiger partial charge in [0.05, 0.1) is 5.25 Å². The maximum atomic E-state index is 12.8. The van der Waals surface area contributed by atoms with Gasteiger partial charge in [0.1, 0.15) is 0 Å². The van der Waals surface area contributed by atoms with Gasteiger partial charge in [-0.2, -0.15) is 0 Å². The van der Waals surface area contributed by atoms with Gasteiger partial charge in [-0.3, -0.25) is 4.79 Å². The van der Waals surface area contributed by atoms with E-state index in [-0.39, 0.29) is 5.91 Å². The molecule has 1 heterocycles. The predicted octanol–water partition coefficient (Wildman–Crippen LogP) is 5.83. The van der Waals surface area contributed by atoms with Crippen molar-refractivity contribution in [3.05, 3.63) is 84.4 Å². The van der Waals surface area contributed by atoms with Gasteiger partial charge in [-0.05, 0) is 37.1 Å². The number of nitrogens with zero attached hydrogens (tertiary/aromatic N) is 2. The fourth-order valence-corrected chi connectivity index (χ4v) is 3.76. The Morgan fingerprint density at radius 1 is 0.900 bits per heavy atom. The van der Waals surface area contributed by atoms with Crippen LogP contribution in [-0.4, -0.2) is 21.4 Å². The smallest absolute Gasteiger partial charge is 0.277 e. The molecule has 0 spiro atoms. The van der Waals surface area contributed by atoms with Crippen LogP contribution in [0.1, 0.15) is 12.5 Å². The second kappa shape index (κ2) is 8.97. The highest BCUT2D eigenvalue weighted by Crippen LogP contribution is 2.30. The van der Waals surface area contributed by atoms with Gasteiger partial charge in [0.15, 0.2) is 0 Å². The number of benzene rings is 3. The summed E-state index contributed by atoms with van der Waals surface area (Å²) >= 11 is 1.24. The number of hydrogen-bond donors (Lipinski definition) is 1. The summed E-state index contributed by atoms with van der Waals surface area (Å²) < 4.78 is 5.78. The van der Waals surface area contributed by atoms with E-state index in [2.05, 4.69) is 15.5 Å². The van der Waals surface area contributed by atoms with E-state index in [1.54, 1.807) is 0 Å². The minimum atomic E-state index is -0.404. The Bertz CT molecular complexity index is 1160. The molecule has 0 aliphatic heterocycles. The second-order valence-electron chi connectivity index (χ2n) is 6.85. The molecule has 30 heavy (non-hydrogen) atoms. The Morgan fingerprint density at radius 3 is 2.33 bits per heavy atom. The fraction of sp³-hybridized carbons (Fsp3) is 0.125. The van der Waals surface area contributed by atoms with Crippen molar-refractivity contribution in [3.63, 3.8) is 0 Å². The SMILES string of the molecule is Cc1ccccc1-c1nnc(S[C@@H](C)C(=O)Nc2ccccc2-c2ccccc2)o1. The largest absolute Gasteiger partial charge is 0.411 e. The van der Waals surface area contributed by atoms with E-state index in [1.807, 2.05) is 92.7 Å². The third-order valence-corrected chi connectivity index (χ3v) is 5.63. The van der Waals surface area contributed by atoms with E-state index in [0.29, 0.717) is 11.1 Å². The molecule has 5 nitrogen and oxygen atoms in total. The van der Waals surface area contributed by atoms with Gasteiger partial charge >= 0.3 is 0 Å². The van der Waals surface area contributed by atoms with E-state index in [4.69, 9.17) is 4.42 Å². The van der Waals surface area contributed by atoms with Crippen LogP contribution in [0.4, 0.5) is 5.69 Å². The Labute approximate surface area is 179 Å². The van der Waals surface area contributed by atoms with Crippen LogP contribution in [-0.2, 0) is 4.79 Å². The number of amides is 1. The summed E-state index contributed by atoms with van der Waals surface area (Å²) in [6, 6.07) is 25.6. The number of para-hydroxylation sites is 1. The molecule has 0 saturated heterocycles. The Morgan fingerprint density at radius 2 is 1.57 bits per heavy atom. The number of carbonyl (C=O) groups is 1. The predicted molar refractivity (Wildman–Crippen MR) is 120 cm³/mol. The Hall–Kier alpha value is -3.38. The van der Waals surface area contributed by atoms with E-state index < -0.39 is 5.25 Å². The van der Waals surface area contributed by atoms with Gasteiger partial charge in [0, 0.05) is 16.8 Å². The summed E-state index contributed by atoms with van der Waals surface area (Å²) in [4.78, 5) is 12.8. The normalized spacial score (nSPS) is 11.8. The average Bonchev–Trinajstić information content (AvgIpc) is 3.23. The van der Waals surface area contributed by atoms with Crippen molar-refractivity contribution in [2.75, 3.05) is 5.32 Å². The summed E-state index contributed by atoms with van der Waals surface area (Å²) in [5.74, 6) is 0.330. The summed E-state index contributed by atoms with van der Waals surface area (Å²) in [5, 5.41) is 11.2. The first-order valence-corrected chi connectivity index (χ1v) is 10.5. The number of hydrogen-bond acceptors (Lipinski definition) is 5. The highest BCUT2D eigenvalue weighted by Gasteiger charge is 2.20. The molecule has 150 valence electrons. The van der Waals surface area contributed by atoms with Gasteiger partial charge in [-0.25, -0.2) is 0 Å². The van der Waals surface area contributed by atoms with E-state index >= 15 is 0 Å². The van der Waals surface area contributed by atoms with Crippen LogP contribution < -0.4 is 5.32 Å². The van der Waals surface area contributed by atoms with Crippen LogP contribution in [0.3, 0.4) is 0 Å². The molecule has 0 bridgehead atoms. The van der Waals surface area contributed by atoms with E-state index in [9.17, 15) is 4.79 Å². The van der Waals surface area contributed by atoms with Crippen LogP contribution in [0.5, 0.6) is 0 Å². The van der Waals surface area contributed by atoms with Gasteiger partial charge < -0.3 is 9.73 Å². The van der Waals surface area contributed by atoms with Crippen molar-refractivity contribution >= 4 is 23.4 Å². The quantitative estimate of drug-likeness (QED) is 0.401. The molecule has 4 aromatic rings. The van der Waals surface area contributed by atoms with Crippen LogP contribution in [0.25, 0.3) is 22.6 Å². The summed E-state index contributed by atoms with van der Waals surface area (Å²) in [5.41, 5.74) is 4.75. The number of aryl methyl sites for hydroxylation is 1. The molecule has 0 radical (unpaired) electrons. The van der Waals surface area contributed by atoms with Crippen molar-refractivity contribution in [2.45, 2.75) is 24.3 Å². The maximum absolute atomic E-state index is 12.8. The van der Waals surface area contributed by atoms with Crippen molar-refractivity contribution in [1.82, 2.24) is 10.2 Å². The lowest BCUT2D eigenvalue weighted by Crippen LogP contribution is -2.22. The molecule has 0 aliphatic carbocycles. The monoisotopic (exact) mass is 415 g/mol. The first-order chi connectivity index (χ1) is 14.6. The molecule has 0 saturated carbocycles. The molecule has 0 fully saturated rings. The minimum absolute atomic E-state index is 0.126. The zero-order valence-electron chi connectivity index (χ0n) is 16.7. The molecular formula is C24H21N3O2S. The first kappa shape index (κ1) is 19.9. The fourth-order valence-electron chi connectivity index (χ4n) is 3.08. The van der Waals surface area contributed by atoms with Crippen LogP contribution in [0.2, 0.25) is 0 Å². The lowest BCUT2D eigenvalue weighted by Gasteiger charge is -2.14. The third-order valence-electron chi connectivity index (χ3n) is 4.70. The average molecular weight is 416 g/mol. The minimum Gasteiger partial charge on any atom is -0.411 e. The van der Waals surface area contributed by atoms with Crippen molar-refractivity contribution in [2.24, 2.45) is 0 Å². The van der Waals surface area contributed by atoms with Gasteiger partial charge in [-0.15, -0.1) is 10.2 Å². The molecule has 1 aromatic heterocycles. The summed E-state index contributed by atoms with van der Waals surface area (Å²) in [6.45, 7) is 3.81. The lowest BCUT2D eigenvalue weighted by molar-refractivity contribution is -0.115. The number of nitrogens with one attached hydrogen (secondary N) is 1. The van der Waals surface area contributed by atoms with Gasteiger partial charge in [-0.1, -0.05) is 78.5 Å². The molecule has 4 rings (SSSR count). The zero-order valence-corrected chi connectivity index (χ0v) is 17.5. The maximum Gasteiger partial charge on any atom is 0.277 e. The molecule has 0 aliphatic rings. The van der Waals surface area contributed by atoms with Crippen molar-refractivity contribution in [3.8, 4) is 22.6 Å². The Kier molecular flexibility index (Phi) is 5.95. The molecule has 3 aromatic carbocycles. The molecular weight excluding hydrogens is 394 g/mol. The first-order valence-electron chi connectivity index (χ1n) is 9.63. The lowest BCUT2D eigenvalue weighted by atomic mass is 10.0. The van der Waals surface area contributed by atoms with E-state index in [0.717, 1.165) is 27.9 Å². The number of thioether (sulfide) groups is 1. The standard InChI is InChI=1S/C24H21N3O2S/c1-16-10-6-7-13-19(16)23-26-27-24(29-23)30-17(2)22(28)25-21-15-9-8-14-20(21)18-11-4-3-5-12-18/h3-15,17H,1-2H3,(H,25,28)/t17-/m0/s1. The van der Waals surface area contributed by atoms with Crippen molar-refractivity contribution < 1.29 is 9.21 Å². The van der Waals surface area contributed by atoms with Crippen LogP contribution >= 0.6 is 11.8 Å². The molecule has 1 atom stereocenters. The zero-order chi connectivity index (χ0) is 20.9. The molecule has 6 heteroatoms. The van der Waals surface area contributed by atoms with Crippen molar-refractivity contribution in [1.29, 1.82) is 0 Å².